The van der Waals surface area contributed by atoms with Crippen LogP contribution < -0.4 is 0 Å². The summed E-state index contributed by atoms with van der Waals surface area (Å²) in [6.07, 6.45) is 0. The summed E-state index contributed by atoms with van der Waals surface area (Å²) >= 11 is 5.80. The molecule has 0 amide bonds. The van der Waals surface area contributed by atoms with Gasteiger partial charge >= 0.3 is 0 Å². The van der Waals surface area contributed by atoms with Crippen molar-refractivity contribution in [2.45, 2.75) is 17.1 Å². The van der Waals surface area contributed by atoms with Crippen molar-refractivity contribution in [2.75, 3.05) is 0 Å². The van der Waals surface area contributed by atoms with Gasteiger partial charge in [0.05, 0.1) is 20.9 Å². The first-order chi connectivity index (χ1) is 9.90. The number of rotatable bonds is 4. The molecule has 2 nitrogen and oxygen atoms in total. The van der Waals surface area contributed by atoms with Crippen LogP contribution in [0.5, 0.6) is 0 Å². The molecule has 0 N–H and O–H groups in total. The highest BCUT2D eigenvalue weighted by molar-refractivity contribution is 7.86. The lowest BCUT2D eigenvalue weighted by Crippen LogP contribution is -2.23. The van der Waals surface area contributed by atoms with Gasteiger partial charge in [0.2, 0.25) is 0 Å². The molecule has 0 saturated heterocycles. The minimum atomic E-state index is -1.92. The Morgan fingerprint density at radius 3 is 2.52 bits per heavy atom. The van der Waals surface area contributed by atoms with Crippen LogP contribution in [0.4, 0.5) is 8.78 Å². The molecular weight excluding hydrogens is 318 g/mol. The summed E-state index contributed by atoms with van der Waals surface area (Å²) in [5.74, 6) is -2.11. The number of halogens is 3. The molecule has 0 aliphatic carbocycles. The van der Waals surface area contributed by atoms with Gasteiger partial charge in [-0.3, -0.25) is 9.00 Å². The number of benzene rings is 2. The average Bonchev–Trinajstić information content (AvgIpc) is 2.45. The first-order valence-electron chi connectivity index (χ1n) is 6.05. The maximum atomic E-state index is 13.6. The van der Waals surface area contributed by atoms with E-state index in [0.29, 0.717) is 16.7 Å². The Morgan fingerprint density at radius 1 is 1.19 bits per heavy atom. The monoisotopic (exact) mass is 328 g/mol. The summed E-state index contributed by atoms with van der Waals surface area (Å²) in [6.45, 7) is 1.43. The molecule has 2 aromatic rings. The summed E-state index contributed by atoms with van der Waals surface area (Å²) in [5, 5.41) is -0.588. The van der Waals surface area contributed by atoms with E-state index in [-0.39, 0.29) is 4.90 Å². The molecule has 0 saturated carbocycles. The van der Waals surface area contributed by atoms with E-state index in [1.54, 1.807) is 18.2 Å². The van der Waals surface area contributed by atoms with E-state index in [0.717, 1.165) is 12.1 Å². The second-order valence-corrected chi connectivity index (χ2v) is 6.57. The molecule has 6 heteroatoms. The van der Waals surface area contributed by atoms with E-state index in [9.17, 15) is 17.8 Å². The van der Waals surface area contributed by atoms with Crippen molar-refractivity contribution in [1.82, 2.24) is 0 Å². The Hall–Kier alpha value is -1.59. The summed E-state index contributed by atoms with van der Waals surface area (Å²) < 4.78 is 38.8. The van der Waals surface area contributed by atoms with Gasteiger partial charge in [0.25, 0.3) is 0 Å². The molecule has 110 valence electrons. The number of ketones is 1. The minimum absolute atomic E-state index is 0.195. The Morgan fingerprint density at radius 2 is 1.90 bits per heavy atom. The van der Waals surface area contributed by atoms with Gasteiger partial charge in [-0.1, -0.05) is 23.7 Å². The quantitative estimate of drug-likeness (QED) is 0.795. The molecule has 0 aromatic heterocycles. The molecule has 0 fully saturated rings. The summed E-state index contributed by atoms with van der Waals surface area (Å²) in [4.78, 5) is 12.0. The number of carbonyl (C=O) groups is 1. The van der Waals surface area contributed by atoms with Crippen LogP contribution in [-0.4, -0.2) is 15.2 Å². The van der Waals surface area contributed by atoms with E-state index in [2.05, 4.69) is 0 Å². The molecule has 2 rings (SSSR count). The second kappa shape index (κ2) is 6.45. The zero-order valence-electron chi connectivity index (χ0n) is 11.0. The van der Waals surface area contributed by atoms with Crippen molar-refractivity contribution in [2.24, 2.45) is 0 Å². The van der Waals surface area contributed by atoms with Crippen molar-refractivity contribution in [3.8, 4) is 0 Å². The molecular formula is C15H11ClF2O2S. The molecule has 2 unspecified atom stereocenters. The molecule has 0 aliphatic rings. The van der Waals surface area contributed by atoms with E-state index in [1.807, 2.05) is 0 Å². The van der Waals surface area contributed by atoms with E-state index >= 15 is 0 Å². The van der Waals surface area contributed by atoms with Gasteiger partial charge in [0, 0.05) is 16.7 Å². The smallest absolute Gasteiger partial charge is 0.178 e. The SMILES string of the molecule is CC(C(=O)c1cccc(Cl)c1)S(=O)c1ccc(F)cc1F. The Labute approximate surface area is 128 Å². The van der Waals surface area contributed by atoms with Crippen LogP contribution >= 0.6 is 11.6 Å². The number of carbonyl (C=O) groups excluding carboxylic acids is 1. The molecule has 0 spiro atoms. The molecule has 0 bridgehead atoms. The average molecular weight is 329 g/mol. The van der Waals surface area contributed by atoms with Crippen LogP contribution in [0.1, 0.15) is 17.3 Å². The van der Waals surface area contributed by atoms with Crippen molar-refractivity contribution >= 4 is 28.2 Å². The predicted octanol–water partition coefficient (Wildman–Crippen LogP) is 4.00. The third-order valence-corrected chi connectivity index (χ3v) is 4.77. The van der Waals surface area contributed by atoms with Gasteiger partial charge in [-0.05, 0) is 31.2 Å². The predicted molar refractivity (Wildman–Crippen MR) is 78.0 cm³/mol. The second-order valence-electron chi connectivity index (χ2n) is 4.39. The van der Waals surface area contributed by atoms with Crippen LogP contribution in [0.2, 0.25) is 5.02 Å². The lowest BCUT2D eigenvalue weighted by Gasteiger charge is -2.11. The normalized spacial score (nSPS) is 13.7. The largest absolute Gasteiger partial charge is 0.293 e. The molecule has 0 heterocycles. The van der Waals surface area contributed by atoms with Gasteiger partial charge in [-0.25, -0.2) is 8.78 Å². The minimum Gasteiger partial charge on any atom is -0.293 e. The zero-order chi connectivity index (χ0) is 15.6. The summed E-state index contributed by atoms with van der Waals surface area (Å²) in [5.41, 5.74) is 0.297. The van der Waals surface area contributed by atoms with Gasteiger partial charge in [-0.15, -0.1) is 0 Å². The topological polar surface area (TPSA) is 34.1 Å². The summed E-state index contributed by atoms with van der Waals surface area (Å²) in [6, 6.07) is 8.95. The Balaban J connectivity index is 2.28. The fourth-order valence-electron chi connectivity index (χ4n) is 1.80. The molecule has 0 radical (unpaired) electrons. The van der Waals surface area contributed by atoms with Gasteiger partial charge in [0.1, 0.15) is 11.6 Å². The van der Waals surface area contributed by atoms with Crippen LogP contribution in [0.3, 0.4) is 0 Å². The summed E-state index contributed by atoms with van der Waals surface area (Å²) in [7, 11) is -1.92. The maximum Gasteiger partial charge on any atom is 0.178 e. The van der Waals surface area contributed by atoms with E-state index in [1.165, 1.54) is 13.0 Å². The number of hydrogen-bond donors (Lipinski definition) is 0. The fourth-order valence-corrected chi connectivity index (χ4v) is 3.16. The number of Topliss-reactive ketones (excluding diaryl/α,β-unsaturated/α-hetero) is 1. The van der Waals surface area contributed by atoms with Gasteiger partial charge < -0.3 is 0 Å². The molecule has 0 aliphatic heterocycles. The zero-order valence-corrected chi connectivity index (χ0v) is 12.5. The number of hydrogen-bond acceptors (Lipinski definition) is 2. The van der Waals surface area contributed by atoms with Crippen LogP contribution in [0.15, 0.2) is 47.4 Å². The third kappa shape index (κ3) is 3.54. The van der Waals surface area contributed by atoms with Crippen LogP contribution in [-0.2, 0) is 10.8 Å². The fraction of sp³-hybridized carbons (Fsp3) is 0.133. The van der Waals surface area contributed by atoms with Gasteiger partial charge in [0.15, 0.2) is 5.78 Å². The highest BCUT2D eigenvalue weighted by Gasteiger charge is 2.25. The first kappa shape index (κ1) is 15.8. The maximum absolute atomic E-state index is 13.6. The lowest BCUT2D eigenvalue weighted by molar-refractivity contribution is 0.0992. The Kier molecular flexibility index (Phi) is 4.85. The van der Waals surface area contributed by atoms with Crippen LogP contribution in [0, 0.1) is 11.6 Å². The van der Waals surface area contributed by atoms with Crippen molar-refractivity contribution in [3.63, 3.8) is 0 Å². The lowest BCUT2D eigenvalue weighted by atomic mass is 10.1. The van der Waals surface area contributed by atoms with Crippen molar-refractivity contribution in [1.29, 1.82) is 0 Å². The van der Waals surface area contributed by atoms with E-state index < -0.39 is 33.5 Å². The van der Waals surface area contributed by atoms with Gasteiger partial charge in [-0.2, -0.15) is 0 Å². The highest BCUT2D eigenvalue weighted by Crippen LogP contribution is 2.20. The van der Waals surface area contributed by atoms with E-state index in [4.69, 9.17) is 11.6 Å². The molecule has 21 heavy (non-hydrogen) atoms. The Bertz CT molecular complexity index is 719. The van der Waals surface area contributed by atoms with Crippen molar-refractivity contribution < 1.29 is 17.8 Å². The highest BCUT2D eigenvalue weighted by atomic mass is 35.5. The first-order valence-corrected chi connectivity index (χ1v) is 7.64. The standard InChI is InChI=1S/C15H11ClF2O2S/c1-9(15(19)10-3-2-4-11(16)7-10)21(20)14-6-5-12(17)8-13(14)18/h2-9H,1H3. The molecule has 2 atom stereocenters. The molecule has 2 aromatic carbocycles. The van der Waals surface area contributed by atoms with Crippen molar-refractivity contribution in [3.05, 3.63) is 64.7 Å². The third-order valence-electron chi connectivity index (χ3n) is 2.91. The van der Waals surface area contributed by atoms with Crippen LogP contribution in [0.25, 0.3) is 0 Å².